The van der Waals surface area contributed by atoms with Gasteiger partial charge in [0.1, 0.15) is 4.32 Å². The highest BCUT2D eigenvalue weighted by molar-refractivity contribution is 8.11. The number of halogens is 3. The van der Waals surface area contributed by atoms with Gasteiger partial charge in [-0.1, -0.05) is 12.2 Å². The first-order valence-electron chi connectivity index (χ1n) is 1.95. The summed E-state index contributed by atoms with van der Waals surface area (Å²) < 4.78 is 33.4. The summed E-state index contributed by atoms with van der Waals surface area (Å²) in [7, 11) is 0. The maximum atomic E-state index is 11.3. The van der Waals surface area contributed by atoms with E-state index in [1.807, 2.05) is 0 Å². The maximum absolute atomic E-state index is 11.3. The summed E-state index contributed by atoms with van der Waals surface area (Å²) in [6.07, 6.45) is -4.90. The van der Waals surface area contributed by atoms with Crippen molar-refractivity contribution in [2.24, 2.45) is 0 Å². The molecule has 1 N–H and O–H groups in total. The molecule has 0 aliphatic rings. The summed E-state index contributed by atoms with van der Waals surface area (Å²) >= 11 is 7.34. The van der Waals surface area contributed by atoms with Crippen LogP contribution in [0.2, 0.25) is 0 Å². The highest BCUT2D eigenvalue weighted by atomic mass is 32.1. The smallest absolute Gasteiger partial charge is 0.304 e. The third-order valence-corrected chi connectivity index (χ3v) is 0.692. The average Bonchev–Trinajstić information content (AvgIpc) is 1.60. The number of alkyl halides is 3. The summed E-state index contributed by atoms with van der Waals surface area (Å²) in [6, 6.07) is 0. The maximum Gasteiger partial charge on any atom is 0.471 e. The minimum absolute atomic E-state index is 0.498. The molecule has 0 saturated heterocycles. The van der Waals surface area contributed by atoms with Crippen molar-refractivity contribution in [3.8, 4) is 0 Å². The number of thiol groups is 1. The Hall–Kier alpha value is -0.300. The Bertz CT molecular complexity index is 166. The van der Waals surface area contributed by atoms with Gasteiger partial charge in [0.05, 0.1) is 0 Å². The number of carbonyl (C=O) groups is 1. The fourth-order valence-electron chi connectivity index (χ4n) is 0.168. The minimum atomic E-state index is -4.90. The fraction of sp³-hybridized carbons (Fsp3) is 0.333. The van der Waals surface area contributed by atoms with E-state index in [1.165, 1.54) is 5.32 Å². The number of hydrogen-bond donors (Lipinski definition) is 2. The van der Waals surface area contributed by atoms with Crippen LogP contribution in [0.15, 0.2) is 0 Å². The molecule has 58 valence electrons. The lowest BCUT2D eigenvalue weighted by Crippen LogP contribution is -2.37. The highest BCUT2D eigenvalue weighted by Crippen LogP contribution is 2.13. The first kappa shape index (κ1) is 9.70. The number of thiocarbonyl (C=S) groups is 1. The predicted molar refractivity (Wildman–Crippen MR) is 35.8 cm³/mol. The molecule has 2 nitrogen and oxygen atoms in total. The molecule has 0 atom stereocenters. The van der Waals surface area contributed by atoms with Crippen molar-refractivity contribution in [3.05, 3.63) is 0 Å². The Morgan fingerprint density at radius 2 is 1.90 bits per heavy atom. The SMILES string of the molecule is O=C(NC(=S)S)C(F)(F)F. The molecule has 0 bridgehead atoms. The number of carbonyl (C=O) groups excluding carboxylic acids is 1. The molecule has 0 aliphatic heterocycles. The van der Waals surface area contributed by atoms with Crippen molar-refractivity contribution in [2.45, 2.75) is 6.18 Å². The monoisotopic (exact) mass is 189 g/mol. The van der Waals surface area contributed by atoms with Crippen LogP contribution in [0.3, 0.4) is 0 Å². The molecule has 0 unspecified atom stereocenters. The first-order chi connectivity index (χ1) is 4.34. The molecule has 0 spiro atoms. The van der Waals surface area contributed by atoms with Crippen LogP contribution < -0.4 is 5.32 Å². The standard InChI is InChI=1S/C3H2F3NOS2/c4-3(5,6)1(8)7-2(9)10/h(H2,7,8,9,10). The topological polar surface area (TPSA) is 29.1 Å². The van der Waals surface area contributed by atoms with E-state index in [0.717, 1.165) is 0 Å². The van der Waals surface area contributed by atoms with Crippen LogP contribution >= 0.6 is 24.8 Å². The van der Waals surface area contributed by atoms with Gasteiger partial charge in [-0.3, -0.25) is 4.79 Å². The summed E-state index contributed by atoms with van der Waals surface area (Å²) in [5, 5.41) is 1.31. The van der Waals surface area contributed by atoms with Crippen LogP contribution in [0.5, 0.6) is 0 Å². The van der Waals surface area contributed by atoms with Gasteiger partial charge in [0.2, 0.25) is 0 Å². The van der Waals surface area contributed by atoms with Crippen molar-refractivity contribution in [2.75, 3.05) is 0 Å². The molecule has 7 heteroatoms. The summed E-state index contributed by atoms with van der Waals surface area (Å²) in [4.78, 5) is 9.90. The van der Waals surface area contributed by atoms with Crippen LogP contribution in [0, 0.1) is 0 Å². The van der Waals surface area contributed by atoms with Gasteiger partial charge in [-0.05, 0) is 0 Å². The number of amides is 1. The number of hydrogen-bond acceptors (Lipinski definition) is 2. The van der Waals surface area contributed by atoms with Crippen molar-refractivity contribution < 1.29 is 18.0 Å². The second kappa shape index (κ2) is 3.20. The van der Waals surface area contributed by atoms with Gasteiger partial charge in [-0.2, -0.15) is 13.2 Å². The van der Waals surface area contributed by atoms with Crippen LogP contribution in [0.4, 0.5) is 13.2 Å². The molecular formula is C3H2F3NOS2. The summed E-state index contributed by atoms with van der Waals surface area (Å²) in [6.45, 7) is 0. The first-order valence-corrected chi connectivity index (χ1v) is 2.80. The van der Waals surface area contributed by atoms with Gasteiger partial charge >= 0.3 is 12.1 Å². The Morgan fingerprint density at radius 3 is 2.00 bits per heavy atom. The third kappa shape index (κ3) is 3.67. The van der Waals surface area contributed by atoms with Crippen LogP contribution in [0.1, 0.15) is 0 Å². The molecule has 1 amide bonds. The quantitative estimate of drug-likeness (QED) is 0.437. The van der Waals surface area contributed by atoms with Gasteiger partial charge in [0, 0.05) is 0 Å². The average molecular weight is 189 g/mol. The molecule has 10 heavy (non-hydrogen) atoms. The Balaban J connectivity index is 3.99. The van der Waals surface area contributed by atoms with E-state index in [4.69, 9.17) is 0 Å². The van der Waals surface area contributed by atoms with Gasteiger partial charge in [-0.25, -0.2) is 0 Å². The van der Waals surface area contributed by atoms with E-state index < -0.39 is 16.4 Å². The zero-order valence-corrected chi connectivity index (χ0v) is 6.11. The Morgan fingerprint density at radius 1 is 1.50 bits per heavy atom. The van der Waals surface area contributed by atoms with E-state index in [9.17, 15) is 18.0 Å². The Kier molecular flexibility index (Phi) is 3.10. The van der Waals surface area contributed by atoms with E-state index in [1.54, 1.807) is 0 Å². The second-order valence-corrected chi connectivity index (χ2v) is 2.42. The molecule has 0 radical (unpaired) electrons. The zero-order valence-electron chi connectivity index (χ0n) is 4.40. The predicted octanol–water partition coefficient (Wildman–Crippen LogP) is 0.880. The lowest BCUT2D eigenvalue weighted by molar-refractivity contribution is -0.171. The molecule has 0 aliphatic carbocycles. The molecule has 0 aromatic carbocycles. The number of nitrogens with one attached hydrogen (secondary N) is 1. The molecule has 0 heterocycles. The molecular weight excluding hydrogens is 187 g/mol. The molecule has 0 saturated carbocycles. The van der Waals surface area contributed by atoms with Gasteiger partial charge in [-0.15, -0.1) is 12.6 Å². The van der Waals surface area contributed by atoms with E-state index >= 15 is 0 Å². The summed E-state index contributed by atoms with van der Waals surface area (Å²) in [5.41, 5.74) is 0. The minimum Gasteiger partial charge on any atom is -0.304 e. The normalized spacial score (nSPS) is 10.8. The molecule has 0 aromatic heterocycles. The van der Waals surface area contributed by atoms with Crippen LogP contribution in [-0.2, 0) is 4.79 Å². The largest absolute Gasteiger partial charge is 0.471 e. The van der Waals surface area contributed by atoms with Crippen LogP contribution in [0.25, 0.3) is 0 Å². The van der Waals surface area contributed by atoms with Gasteiger partial charge < -0.3 is 5.32 Å². The van der Waals surface area contributed by atoms with Crippen LogP contribution in [-0.4, -0.2) is 16.4 Å². The van der Waals surface area contributed by atoms with Crippen molar-refractivity contribution in [3.63, 3.8) is 0 Å². The zero-order chi connectivity index (χ0) is 8.36. The Labute approximate surface area is 65.2 Å². The van der Waals surface area contributed by atoms with E-state index in [0.29, 0.717) is 0 Å². The molecule has 0 fully saturated rings. The highest BCUT2D eigenvalue weighted by Gasteiger charge is 2.38. The molecule has 0 rings (SSSR count). The van der Waals surface area contributed by atoms with Gasteiger partial charge in [0.25, 0.3) is 0 Å². The third-order valence-electron chi connectivity index (χ3n) is 0.478. The van der Waals surface area contributed by atoms with E-state index in [2.05, 4.69) is 24.8 Å². The second-order valence-electron chi connectivity index (χ2n) is 1.26. The van der Waals surface area contributed by atoms with Crippen molar-refractivity contribution >= 4 is 35.1 Å². The van der Waals surface area contributed by atoms with Crippen molar-refractivity contribution in [1.29, 1.82) is 0 Å². The lowest BCUT2D eigenvalue weighted by atomic mass is 10.6. The van der Waals surface area contributed by atoms with Crippen molar-refractivity contribution in [1.82, 2.24) is 5.32 Å². The summed E-state index contributed by atoms with van der Waals surface area (Å²) in [5.74, 6) is -2.10. The molecule has 0 aromatic rings. The van der Waals surface area contributed by atoms with E-state index in [-0.39, 0.29) is 0 Å². The lowest BCUT2D eigenvalue weighted by Gasteiger charge is -2.03. The van der Waals surface area contributed by atoms with Gasteiger partial charge in [0.15, 0.2) is 0 Å². The number of rotatable bonds is 0. The fourth-order valence-corrected chi connectivity index (χ4v) is 0.362.